The summed E-state index contributed by atoms with van der Waals surface area (Å²) in [6.45, 7) is 10.7. The second-order valence-corrected chi connectivity index (χ2v) is 8.47. The van der Waals surface area contributed by atoms with Crippen molar-refractivity contribution in [2.45, 2.75) is 66.3 Å². The van der Waals surface area contributed by atoms with Crippen LogP contribution in [0.15, 0.2) is 11.4 Å². The number of rotatable bonds is 12. The number of carbonyl (C=O) groups excluding carboxylic acids is 1. The third-order valence-electron chi connectivity index (χ3n) is 5.32. The second kappa shape index (κ2) is 11.4. The summed E-state index contributed by atoms with van der Waals surface area (Å²) in [4.78, 5) is 17.6. The van der Waals surface area contributed by atoms with Crippen molar-refractivity contribution in [2.24, 2.45) is 5.92 Å². The molecule has 0 aliphatic heterocycles. The van der Waals surface area contributed by atoms with Gasteiger partial charge in [-0.1, -0.05) is 33.1 Å². The quantitative estimate of drug-likeness (QED) is 0.493. The highest BCUT2D eigenvalue weighted by molar-refractivity contribution is 7.09. The first-order chi connectivity index (χ1) is 13.5. The Balaban J connectivity index is 2.19. The van der Waals surface area contributed by atoms with E-state index in [9.17, 15) is 4.79 Å². The molecule has 0 saturated carbocycles. The fraction of sp³-hybridized carbons (Fsp3) is 0.636. The molecule has 1 amide bonds. The molecule has 0 aromatic carbocycles. The molecule has 2 aromatic rings. The van der Waals surface area contributed by atoms with E-state index in [0.29, 0.717) is 12.5 Å². The zero-order valence-electron chi connectivity index (χ0n) is 18.0. The number of aromatic nitrogens is 2. The van der Waals surface area contributed by atoms with Gasteiger partial charge in [0, 0.05) is 37.9 Å². The maximum absolute atomic E-state index is 12.9. The van der Waals surface area contributed by atoms with Gasteiger partial charge in [0.25, 0.3) is 5.91 Å². The van der Waals surface area contributed by atoms with E-state index in [1.807, 2.05) is 19.9 Å². The summed E-state index contributed by atoms with van der Waals surface area (Å²) in [6, 6.07) is 2.00. The summed E-state index contributed by atoms with van der Waals surface area (Å²) in [5.41, 5.74) is 3.71. The maximum atomic E-state index is 12.9. The Morgan fingerprint density at radius 3 is 2.71 bits per heavy atom. The van der Waals surface area contributed by atoms with Gasteiger partial charge >= 0.3 is 0 Å². The third-order valence-corrected chi connectivity index (χ3v) is 6.09. The van der Waals surface area contributed by atoms with Crippen LogP contribution in [-0.2, 0) is 11.3 Å². The summed E-state index contributed by atoms with van der Waals surface area (Å²) in [7, 11) is 1.72. The van der Waals surface area contributed by atoms with E-state index in [4.69, 9.17) is 4.74 Å². The Labute approximate surface area is 173 Å². The Kier molecular flexibility index (Phi) is 9.19. The Bertz CT molecular complexity index is 751. The van der Waals surface area contributed by atoms with Crippen molar-refractivity contribution < 1.29 is 9.53 Å². The smallest absolute Gasteiger partial charge is 0.253 e. The minimum Gasteiger partial charge on any atom is -0.385 e. The predicted octanol–water partition coefficient (Wildman–Crippen LogP) is 5.21. The number of aryl methyl sites for hydroxylation is 1. The standard InChI is InChI=1S/C22H35N3O2S/c1-6-8-10-18(7-2)14-23-22(26)19-13-21(20-15-28-17(4)24-20)25(16(19)3)11-9-12-27-5/h13,15,18H,6-12,14H2,1-5H3,(H,23,26). The van der Waals surface area contributed by atoms with E-state index < -0.39 is 0 Å². The number of ether oxygens (including phenoxy) is 1. The number of nitrogens with one attached hydrogen (secondary N) is 1. The molecule has 0 fully saturated rings. The number of methoxy groups -OCH3 is 1. The zero-order valence-corrected chi connectivity index (χ0v) is 18.8. The molecule has 1 atom stereocenters. The second-order valence-electron chi connectivity index (χ2n) is 7.40. The summed E-state index contributed by atoms with van der Waals surface area (Å²) >= 11 is 1.63. The molecule has 5 nitrogen and oxygen atoms in total. The number of hydrogen-bond donors (Lipinski definition) is 1. The van der Waals surface area contributed by atoms with E-state index in [1.165, 1.54) is 19.3 Å². The normalized spacial score (nSPS) is 12.3. The first-order valence-electron chi connectivity index (χ1n) is 10.4. The molecule has 0 bridgehead atoms. The average molecular weight is 406 g/mol. The SMILES string of the molecule is CCCCC(CC)CNC(=O)c1cc(-c2csc(C)n2)n(CCCOC)c1C. The first kappa shape index (κ1) is 22.6. The Morgan fingerprint density at radius 2 is 2.11 bits per heavy atom. The molecule has 0 saturated heterocycles. The molecule has 156 valence electrons. The molecule has 2 rings (SSSR count). The van der Waals surface area contributed by atoms with Crippen molar-refractivity contribution >= 4 is 17.2 Å². The molecule has 0 aliphatic rings. The zero-order chi connectivity index (χ0) is 20.5. The Hall–Kier alpha value is -1.66. The van der Waals surface area contributed by atoms with Gasteiger partial charge in [0.1, 0.15) is 0 Å². The number of thiazole rings is 1. The van der Waals surface area contributed by atoms with Crippen LogP contribution in [0, 0.1) is 19.8 Å². The average Bonchev–Trinajstić information content (AvgIpc) is 3.25. The van der Waals surface area contributed by atoms with Crippen molar-refractivity contribution in [3.63, 3.8) is 0 Å². The van der Waals surface area contributed by atoms with Gasteiger partial charge in [-0.05, 0) is 38.7 Å². The van der Waals surface area contributed by atoms with Gasteiger partial charge in [0.15, 0.2) is 0 Å². The minimum atomic E-state index is 0.0196. The molecule has 0 spiro atoms. The number of unbranched alkanes of at least 4 members (excludes halogenated alkanes) is 1. The van der Waals surface area contributed by atoms with Gasteiger partial charge in [-0.15, -0.1) is 11.3 Å². The number of hydrogen-bond acceptors (Lipinski definition) is 4. The van der Waals surface area contributed by atoms with Crippen molar-refractivity contribution in [1.29, 1.82) is 0 Å². The molecular formula is C22H35N3O2S. The van der Waals surface area contributed by atoms with Gasteiger partial charge in [0.2, 0.25) is 0 Å². The molecule has 1 N–H and O–H groups in total. The number of carbonyl (C=O) groups is 1. The summed E-state index contributed by atoms with van der Waals surface area (Å²) in [5, 5.41) is 6.27. The van der Waals surface area contributed by atoms with E-state index in [-0.39, 0.29) is 5.91 Å². The summed E-state index contributed by atoms with van der Waals surface area (Å²) in [6.07, 6.45) is 5.59. The lowest BCUT2D eigenvalue weighted by molar-refractivity contribution is 0.0945. The largest absolute Gasteiger partial charge is 0.385 e. The van der Waals surface area contributed by atoms with Crippen molar-refractivity contribution in [2.75, 3.05) is 20.3 Å². The fourth-order valence-corrected chi connectivity index (χ4v) is 4.11. The molecule has 2 aromatic heterocycles. The lowest BCUT2D eigenvalue weighted by atomic mass is 9.99. The molecule has 0 aliphatic carbocycles. The van der Waals surface area contributed by atoms with Crippen molar-refractivity contribution in [1.82, 2.24) is 14.9 Å². The van der Waals surface area contributed by atoms with Crippen LogP contribution < -0.4 is 5.32 Å². The van der Waals surface area contributed by atoms with Gasteiger partial charge < -0.3 is 14.6 Å². The van der Waals surface area contributed by atoms with Gasteiger partial charge in [-0.25, -0.2) is 4.98 Å². The Morgan fingerprint density at radius 1 is 1.32 bits per heavy atom. The molecule has 0 radical (unpaired) electrons. The van der Waals surface area contributed by atoms with E-state index in [0.717, 1.165) is 53.6 Å². The van der Waals surface area contributed by atoms with Crippen LogP contribution in [0.1, 0.15) is 67.0 Å². The van der Waals surface area contributed by atoms with Crippen molar-refractivity contribution in [3.8, 4) is 11.4 Å². The first-order valence-corrected chi connectivity index (χ1v) is 11.3. The van der Waals surface area contributed by atoms with Crippen LogP contribution >= 0.6 is 11.3 Å². The van der Waals surface area contributed by atoms with Gasteiger partial charge in [-0.3, -0.25) is 4.79 Å². The van der Waals surface area contributed by atoms with Crippen molar-refractivity contribution in [3.05, 3.63) is 27.7 Å². The topological polar surface area (TPSA) is 56.2 Å². The number of nitrogens with zero attached hydrogens (tertiary/aromatic N) is 2. The van der Waals surface area contributed by atoms with E-state index in [1.54, 1.807) is 18.4 Å². The molecule has 28 heavy (non-hydrogen) atoms. The predicted molar refractivity (Wildman–Crippen MR) is 117 cm³/mol. The van der Waals surface area contributed by atoms with Crippen LogP contribution in [0.2, 0.25) is 0 Å². The highest BCUT2D eigenvalue weighted by Crippen LogP contribution is 2.27. The molecule has 6 heteroatoms. The van der Waals surface area contributed by atoms with Gasteiger partial charge in [0.05, 0.1) is 22.0 Å². The van der Waals surface area contributed by atoms with Crippen LogP contribution in [0.5, 0.6) is 0 Å². The van der Waals surface area contributed by atoms with Crippen LogP contribution in [0.4, 0.5) is 0 Å². The highest BCUT2D eigenvalue weighted by Gasteiger charge is 2.20. The lowest BCUT2D eigenvalue weighted by Gasteiger charge is -2.15. The fourth-order valence-electron chi connectivity index (χ4n) is 3.50. The lowest BCUT2D eigenvalue weighted by Crippen LogP contribution is -2.29. The highest BCUT2D eigenvalue weighted by atomic mass is 32.1. The molecule has 1 unspecified atom stereocenters. The maximum Gasteiger partial charge on any atom is 0.253 e. The van der Waals surface area contributed by atoms with E-state index >= 15 is 0 Å². The van der Waals surface area contributed by atoms with Crippen LogP contribution in [0.3, 0.4) is 0 Å². The third kappa shape index (κ3) is 5.92. The van der Waals surface area contributed by atoms with E-state index in [2.05, 4.69) is 34.1 Å². The van der Waals surface area contributed by atoms with Crippen LogP contribution in [-0.4, -0.2) is 35.7 Å². The summed E-state index contributed by atoms with van der Waals surface area (Å²) in [5.74, 6) is 0.569. The van der Waals surface area contributed by atoms with Crippen LogP contribution in [0.25, 0.3) is 11.4 Å². The molecule has 2 heterocycles. The summed E-state index contributed by atoms with van der Waals surface area (Å²) < 4.78 is 7.42. The number of amides is 1. The van der Waals surface area contributed by atoms with Gasteiger partial charge in [-0.2, -0.15) is 0 Å². The molecular weight excluding hydrogens is 370 g/mol. The minimum absolute atomic E-state index is 0.0196. The monoisotopic (exact) mass is 405 g/mol.